The molecule has 1 fully saturated rings. The number of anilines is 1. The van der Waals surface area contributed by atoms with Gasteiger partial charge in [0.15, 0.2) is 0 Å². The SMILES string of the molecule is COC(=O)C1(Nc2cccc(Cl)c2)CCC2(CC1)c1cc(COS(=O)(=O)O)ccc1CC2C[C@@H](C)COc1ccnc2c1[C@H](C)CCC2. The van der Waals surface area contributed by atoms with E-state index in [0.717, 1.165) is 67.6 Å². The molecular weight excluding hydrogens is 652 g/mol. The Kier molecular flexibility index (Phi) is 10.1. The number of halogens is 1. The number of rotatable bonds is 11. The lowest BCUT2D eigenvalue weighted by molar-refractivity contribution is -0.148. The largest absolute Gasteiger partial charge is 0.493 e. The average molecular weight is 697 g/mol. The number of nitrogens with one attached hydrogen (secondary N) is 1. The molecule has 11 heteroatoms. The van der Waals surface area contributed by atoms with Crippen LogP contribution in [-0.2, 0) is 49.0 Å². The minimum Gasteiger partial charge on any atom is -0.493 e. The average Bonchev–Trinajstić information content (AvgIpc) is 3.34. The van der Waals surface area contributed by atoms with Gasteiger partial charge in [-0.05, 0) is 122 Å². The number of pyridine rings is 1. The lowest BCUT2D eigenvalue weighted by Gasteiger charge is -2.48. The Hall–Kier alpha value is -3.18. The Morgan fingerprint density at radius 2 is 1.94 bits per heavy atom. The van der Waals surface area contributed by atoms with E-state index in [0.29, 0.717) is 36.0 Å². The van der Waals surface area contributed by atoms with Crippen molar-refractivity contribution >= 4 is 33.7 Å². The highest BCUT2D eigenvalue weighted by Gasteiger charge is 2.54. The van der Waals surface area contributed by atoms with Crippen LogP contribution in [0.4, 0.5) is 5.69 Å². The van der Waals surface area contributed by atoms with Crippen molar-refractivity contribution in [3.63, 3.8) is 0 Å². The van der Waals surface area contributed by atoms with Crippen LogP contribution < -0.4 is 10.1 Å². The molecule has 258 valence electrons. The Bertz CT molecular complexity index is 1760. The molecule has 0 bridgehead atoms. The van der Waals surface area contributed by atoms with Crippen molar-refractivity contribution in [3.8, 4) is 5.75 Å². The molecule has 1 spiro atoms. The molecule has 48 heavy (non-hydrogen) atoms. The van der Waals surface area contributed by atoms with Crippen molar-refractivity contribution in [3.05, 3.63) is 87.7 Å². The lowest BCUT2D eigenvalue weighted by atomic mass is 9.59. The van der Waals surface area contributed by atoms with Crippen LogP contribution in [0.15, 0.2) is 54.7 Å². The van der Waals surface area contributed by atoms with Gasteiger partial charge in [0.2, 0.25) is 0 Å². The summed E-state index contributed by atoms with van der Waals surface area (Å²) in [7, 11) is -3.16. The molecule has 3 atom stereocenters. The van der Waals surface area contributed by atoms with Crippen LogP contribution in [0.5, 0.6) is 5.75 Å². The second-order valence-corrected chi connectivity index (χ2v) is 15.6. The number of fused-ring (bicyclic) bond motifs is 3. The molecule has 3 aliphatic rings. The van der Waals surface area contributed by atoms with Gasteiger partial charge in [0, 0.05) is 28.2 Å². The van der Waals surface area contributed by atoms with Crippen LogP contribution in [0.3, 0.4) is 0 Å². The van der Waals surface area contributed by atoms with E-state index >= 15 is 0 Å². The fourth-order valence-corrected chi connectivity index (χ4v) is 9.04. The summed E-state index contributed by atoms with van der Waals surface area (Å²) in [5.74, 6) is 1.59. The van der Waals surface area contributed by atoms with Gasteiger partial charge >= 0.3 is 16.4 Å². The van der Waals surface area contributed by atoms with Crippen LogP contribution >= 0.6 is 11.6 Å². The van der Waals surface area contributed by atoms with Crippen LogP contribution in [0, 0.1) is 11.8 Å². The van der Waals surface area contributed by atoms with Gasteiger partial charge in [0.1, 0.15) is 11.3 Å². The predicted molar refractivity (Wildman–Crippen MR) is 185 cm³/mol. The van der Waals surface area contributed by atoms with Gasteiger partial charge in [-0.25, -0.2) is 8.98 Å². The van der Waals surface area contributed by atoms with Crippen molar-refractivity contribution in [2.75, 3.05) is 19.0 Å². The van der Waals surface area contributed by atoms with Crippen molar-refractivity contribution in [2.45, 2.75) is 95.1 Å². The van der Waals surface area contributed by atoms with E-state index in [1.54, 1.807) is 6.07 Å². The molecule has 0 aliphatic heterocycles. The monoisotopic (exact) mass is 696 g/mol. The fraction of sp³-hybridized carbons (Fsp3) is 0.514. The molecule has 1 heterocycles. The van der Waals surface area contributed by atoms with Gasteiger partial charge < -0.3 is 14.8 Å². The van der Waals surface area contributed by atoms with E-state index < -0.39 is 15.9 Å². The normalized spacial score (nSPS) is 25.6. The van der Waals surface area contributed by atoms with Gasteiger partial charge in [-0.1, -0.05) is 49.7 Å². The van der Waals surface area contributed by atoms with E-state index in [-0.39, 0.29) is 29.8 Å². The zero-order valence-corrected chi connectivity index (χ0v) is 29.4. The highest BCUT2D eigenvalue weighted by molar-refractivity contribution is 7.80. The Morgan fingerprint density at radius 3 is 2.67 bits per heavy atom. The number of hydrogen-bond donors (Lipinski definition) is 2. The van der Waals surface area contributed by atoms with Gasteiger partial charge in [-0.2, -0.15) is 8.42 Å². The number of hydrogen-bond acceptors (Lipinski definition) is 8. The highest BCUT2D eigenvalue weighted by Crippen LogP contribution is 2.56. The number of carbonyl (C=O) groups excluding carboxylic acids is 1. The van der Waals surface area contributed by atoms with Crippen molar-refractivity contribution in [1.82, 2.24) is 4.98 Å². The summed E-state index contributed by atoms with van der Waals surface area (Å²) < 4.78 is 48.6. The first-order valence-corrected chi connectivity index (χ1v) is 18.6. The van der Waals surface area contributed by atoms with E-state index in [9.17, 15) is 17.8 Å². The second-order valence-electron chi connectivity index (χ2n) is 14.1. The molecular formula is C37H45ClN2O7S. The molecule has 3 aromatic rings. The van der Waals surface area contributed by atoms with E-state index in [4.69, 9.17) is 25.3 Å². The summed E-state index contributed by atoms with van der Waals surface area (Å²) in [6.07, 6.45) is 9.46. The minimum absolute atomic E-state index is 0.253. The van der Waals surface area contributed by atoms with Crippen LogP contribution in [0.2, 0.25) is 5.02 Å². The molecule has 2 aromatic carbocycles. The zero-order valence-electron chi connectivity index (χ0n) is 27.8. The molecule has 0 amide bonds. The maximum absolute atomic E-state index is 13.4. The number of ether oxygens (including phenoxy) is 2. The Morgan fingerprint density at radius 1 is 1.15 bits per heavy atom. The van der Waals surface area contributed by atoms with Gasteiger partial charge in [0.25, 0.3) is 0 Å². The second kappa shape index (κ2) is 14.0. The molecule has 1 aromatic heterocycles. The van der Waals surface area contributed by atoms with Gasteiger partial charge in [0.05, 0.1) is 20.3 Å². The quantitative estimate of drug-likeness (QED) is 0.154. The first kappa shape index (κ1) is 34.7. The summed E-state index contributed by atoms with van der Waals surface area (Å²) in [4.78, 5) is 18.1. The van der Waals surface area contributed by atoms with E-state index in [1.165, 1.54) is 18.2 Å². The number of aromatic nitrogens is 1. The standard InChI is InChI=1S/C37H45ClN2O7S/c1-24(22-46-33-12-17-39-32-9-4-6-25(2)34(32)33)18-28-20-27-11-10-26(23-47-48(42,43)44)19-31(27)36(28)13-15-37(16-14-36,35(41)45-3)40-30-8-5-7-29(38)21-30/h5,7-8,10-12,17,19,21,24-25,28,40H,4,6,9,13-16,18,20,22-23H2,1-3H3,(H,42,43,44)/t24-,25-,28?,36?,37?/m1/s1. The van der Waals surface area contributed by atoms with Crippen molar-refractivity contribution in [2.24, 2.45) is 11.8 Å². The molecule has 2 N–H and O–H groups in total. The fourth-order valence-electron chi connectivity index (χ4n) is 8.56. The molecule has 1 unspecified atom stereocenters. The third-order valence-electron chi connectivity index (χ3n) is 10.9. The number of aryl methyl sites for hydroxylation is 1. The third kappa shape index (κ3) is 7.22. The zero-order chi connectivity index (χ0) is 34.1. The molecule has 1 saturated carbocycles. The van der Waals surface area contributed by atoms with Crippen LogP contribution in [0.1, 0.15) is 92.7 Å². The van der Waals surface area contributed by atoms with E-state index in [1.807, 2.05) is 42.6 Å². The van der Waals surface area contributed by atoms with Gasteiger partial charge in [-0.15, -0.1) is 0 Å². The number of methoxy groups -OCH3 is 1. The Balaban J connectivity index is 1.26. The summed E-state index contributed by atoms with van der Waals surface area (Å²) in [6.45, 7) is 4.82. The summed E-state index contributed by atoms with van der Waals surface area (Å²) >= 11 is 6.29. The predicted octanol–water partition coefficient (Wildman–Crippen LogP) is 7.61. The number of carbonyl (C=O) groups is 1. The maximum Gasteiger partial charge on any atom is 0.397 e. The van der Waals surface area contributed by atoms with E-state index in [2.05, 4.69) is 30.2 Å². The molecule has 0 saturated heterocycles. The minimum atomic E-state index is -4.58. The molecule has 3 aliphatic carbocycles. The highest BCUT2D eigenvalue weighted by atomic mass is 35.5. The summed E-state index contributed by atoms with van der Waals surface area (Å²) in [6, 6.07) is 15.3. The third-order valence-corrected chi connectivity index (χ3v) is 11.6. The number of benzene rings is 2. The van der Waals surface area contributed by atoms with Crippen LogP contribution in [-0.4, -0.2) is 43.2 Å². The Labute approximate surface area is 288 Å². The first-order valence-electron chi connectivity index (χ1n) is 16.9. The number of nitrogens with zero attached hydrogens (tertiary/aromatic N) is 1. The molecule has 0 radical (unpaired) electrons. The summed E-state index contributed by atoms with van der Waals surface area (Å²) in [5, 5.41) is 4.07. The van der Waals surface area contributed by atoms with Crippen molar-refractivity contribution < 1.29 is 31.4 Å². The van der Waals surface area contributed by atoms with Crippen molar-refractivity contribution in [1.29, 1.82) is 0 Å². The molecule has 9 nitrogen and oxygen atoms in total. The molecule has 6 rings (SSSR count). The van der Waals surface area contributed by atoms with Crippen LogP contribution in [0.25, 0.3) is 0 Å². The number of esters is 1. The lowest BCUT2D eigenvalue weighted by Crippen LogP contribution is -2.53. The first-order chi connectivity index (χ1) is 22.9. The smallest absolute Gasteiger partial charge is 0.397 e. The van der Waals surface area contributed by atoms with Gasteiger partial charge in [-0.3, -0.25) is 9.54 Å². The summed E-state index contributed by atoms with van der Waals surface area (Å²) in [5.41, 5.74) is 5.03. The maximum atomic E-state index is 13.4. The topological polar surface area (TPSA) is 124 Å².